The number of hydrogen-bond acceptors (Lipinski definition) is 2. The Hall–Kier alpha value is -1.87. The first-order chi connectivity index (χ1) is 10.1. The van der Waals surface area contributed by atoms with Crippen molar-refractivity contribution in [1.29, 1.82) is 0 Å². The van der Waals surface area contributed by atoms with Crippen molar-refractivity contribution < 1.29 is 9.13 Å². The first-order valence-corrected chi connectivity index (χ1v) is 7.31. The minimum absolute atomic E-state index is 0.240. The second kappa shape index (κ2) is 6.72. The van der Waals surface area contributed by atoms with E-state index in [9.17, 15) is 4.39 Å². The van der Waals surface area contributed by atoms with Crippen molar-refractivity contribution in [2.45, 2.75) is 32.7 Å². The number of ether oxygens (including phenoxy) is 1. The topological polar surface area (TPSA) is 35.2 Å². The molecule has 2 aromatic rings. The Balaban J connectivity index is 2.43. The quantitative estimate of drug-likeness (QED) is 0.902. The summed E-state index contributed by atoms with van der Waals surface area (Å²) in [6.07, 6.45) is 1.87. The molecule has 0 bridgehead atoms. The molecule has 21 heavy (non-hydrogen) atoms. The maximum Gasteiger partial charge on any atom is 0.165 e. The van der Waals surface area contributed by atoms with Gasteiger partial charge in [0.2, 0.25) is 0 Å². The van der Waals surface area contributed by atoms with Gasteiger partial charge in [0, 0.05) is 0 Å². The summed E-state index contributed by atoms with van der Waals surface area (Å²) in [5.74, 6) is -0.140. The van der Waals surface area contributed by atoms with Gasteiger partial charge < -0.3 is 10.5 Å². The van der Waals surface area contributed by atoms with Crippen molar-refractivity contribution in [3.8, 4) is 5.75 Å². The lowest BCUT2D eigenvalue weighted by atomic mass is 9.91. The highest BCUT2D eigenvalue weighted by Gasteiger charge is 2.15. The van der Waals surface area contributed by atoms with Crippen LogP contribution in [0, 0.1) is 5.82 Å². The van der Waals surface area contributed by atoms with E-state index in [0.29, 0.717) is 0 Å². The van der Waals surface area contributed by atoms with E-state index in [1.54, 1.807) is 6.07 Å². The zero-order chi connectivity index (χ0) is 15.4. The summed E-state index contributed by atoms with van der Waals surface area (Å²) in [6, 6.07) is 11.0. The standard InChI is InChI=1S/C18H22FNO/c1-4-12-6-7-13(5-2)15(10-12)18(20)14-8-9-17(21-3)16(19)11-14/h6-11,18H,4-5,20H2,1-3H3. The minimum Gasteiger partial charge on any atom is -0.494 e. The van der Waals surface area contributed by atoms with E-state index in [2.05, 4.69) is 32.0 Å². The number of hydrogen-bond donors (Lipinski definition) is 1. The van der Waals surface area contributed by atoms with Crippen molar-refractivity contribution in [2.24, 2.45) is 5.73 Å². The molecule has 1 atom stereocenters. The third kappa shape index (κ3) is 3.24. The van der Waals surface area contributed by atoms with Crippen molar-refractivity contribution in [1.82, 2.24) is 0 Å². The highest BCUT2D eigenvalue weighted by atomic mass is 19.1. The monoisotopic (exact) mass is 287 g/mol. The Morgan fingerprint density at radius 2 is 1.86 bits per heavy atom. The molecule has 3 heteroatoms. The molecule has 2 N–H and O–H groups in total. The van der Waals surface area contributed by atoms with E-state index in [-0.39, 0.29) is 17.6 Å². The number of nitrogens with two attached hydrogens (primary N) is 1. The molecule has 2 nitrogen and oxygen atoms in total. The lowest BCUT2D eigenvalue weighted by Gasteiger charge is -2.18. The van der Waals surface area contributed by atoms with Crippen LogP contribution in [0.1, 0.15) is 42.1 Å². The van der Waals surface area contributed by atoms with Crippen LogP contribution in [0.2, 0.25) is 0 Å². The molecule has 0 aliphatic carbocycles. The Morgan fingerprint density at radius 1 is 1.10 bits per heavy atom. The number of aryl methyl sites for hydroxylation is 2. The molecule has 0 saturated heterocycles. The molecular weight excluding hydrogens is 265 g/mol. The average molecular weight is 287 g/mol. The normalized spacial score (nSPS) is 12.2. The zero-order valence-electron chi connectivity index (χ0n) is 12.8. The van der Waals surface area contributed by atoms with E-state index in [1.165, 1.54) is 24.3 Å². The molecule has 0 fully saturated rings. The first-order valence-electron chi connectivity index (χ1n) is 7.31. The van der Waals surface area contributed by atoms with Crippen LogP contribution in [0.5, 0.6) is 5.75 Å². The molecule has 0 saturated carbocycles. The maximum absolute atomic E-state index is 13.9. The Kier molecular flexibility index (Phi) is 4.97. The first kappa shape index (κ1) is 15.5. The second-order valence-corrected chi connectivity index (χ2v) is 5.11. The van der Waals surface area contributed by atoms with Crippen molar-refractivity contribution in [3.05, 3.63) is 64.5 Å². The molecule has 2 rings (SSSR count). The number of methoxy groups -OCH3 is 1. The molecule has 0 aromatic heterocycles. The molecule has 0 spiro atoms. The summed E-state index contributed by atoms with van der Waals surface area (Å²) >= 11 is 0. The third-order valence-corrected chi connectivity index (χ3v) is 3.87. The van der Waals surface area contributed by atoms with E-state index >= 15 is 0 Å². The van der Waals surface area contributed by atoms with Crippen molar-refractivity contribution in [3.63, 3.8) is 0 Å². The van der Waals surface area contributed by atoms with Crippen LogP contribution in [0.15, 0.2) is 36.4 Å². The molecule has 0 amide bonds. The third-order valence-electron chi connectivity index (χ3n) is 3.87. The van der Waals surface area contributed by atoms with Crippen LogP contribution in [0.25, 0.3) is 0 Å². The van der Waals surface area contributed by atoms with Gasteiger partial charge >= 0.3 is 0 Å². The predicted octanol–water partition coefficient (Wildman–Crippen LogP) is 4.01. The summed E-state index contributed by atoms with van der Waals surface area (Å²) in [5.41, 5.74) is 10.6. The molecule has 2 aromatic carbocycles. The van der Waals surface area contributed by atoms with Gasteiger partial charge in [-0.25, -0.2) is 4.39 Å². The lowest BCUT2D eigenvalue weighted by molar-refractivity contribution is 0.386. The molecule has 0 aliphatic rings. The van der Waals surface area contributed by atoms with Gasteiger partial charge in [-0.15, -0.1) is 0 Å². The molecule has 0 aliphatic heterocycles. The highest BCUT2D eigenvalue weighted by molar-refractivity contribution is 5.41. The number of rotatable bonds is 5. The van der Waals surface area contributed by atoms with Gasteiger partial charge in [-0.3, -0.25) is 0 Å². The van der Waals surface area contributed by atoms with E-state index in [1.807, 2.05) is 6.07 Å². The smallest absolute Gasteiger partial charge is 0.165 e. The van der Waals surface area contributed by atoms with Gasteiger partial charge in [-0.2, -0.15) is 0 Å². The summed E-state index contributed by atoms with van der Waals surface area (Å²) in [5, 5.41) is 0. The van der Waals surface area contributed by atoms with Gasteiger partial charge in [0.05, 0.1) is 13.2 Å². The van der Waals surface area contributed by atoms with Crippen molar-refractivity contribution >= 4 is 0 Å². The Labute approximate surface area is 125 Å². The summed E-state index contributed by atoms with van der Waals surface area (Å²) in [6.45, 7) is 4.22. The molecule has 112 valence electrons. The highest BCUT2D eigenvalue weighted by Crippen LogP contribution is 2.28. The predicted molar refractivity (Wildman–Crippen MR) is 84.2 cm³/mol. The maximum atomic E-state index is 13.9. The van der Waals surface area contributed by atoms with Crippen LogP contribution in [-0.4, -0.2) is 7.11 Å². The molecular formula is C18H22FNO. The van der Waals surface area contributed by atoms with Crippen LogP contribution in [0.4, 0.5) is 4.39 Å². The van der Waals surface area contributed by atoms with E-state index < -0.39 is 0 Å². The minimum atomic E-state index is -0.379. The average Bonchev–Trinajstić information content (AvgIpc) is 2.53. The van der Waals surface area contributed by atoms with E-state index in [0.717, 1.165) is 24.0 Å². The fourth-order valence-electron chi connectivity index (χ4n) is 2.53. The van der Waals surface area contributed by atoms with Crippen molar-refractivity contribution in [2.75, 3.05) is 7.11 Å². The van der Waals surface area contributed by atoms with Gasteiger partial charge in [0.1, 0.15) is 0 Å². The summed E-state index contributed by atoms with van der Waals surface area (Å²) in [4.78, 5) is 0. The summed E-state index contributed by atoms with van der Waals surface area (Å²) in [7, 11) is 1.46. The molecule has 0 heterocycles. The summed E-state index contributed by atoms with van der Waals surface area (Å²) < 4.78 is 18.8. The number of halogens is 1. The van der Waals surface area contributed by atoms with Gasteiger partial charge in [-0.05, 0) is 47.2 Å². The molecule has 1 unspecified atom stereocenters. The number of benzene rings is 2. The molecule has 0 radical (unpaired) electrons. The van der Waals surface area contributed by atoms with Gasteiger partial charge in [-0.1, -0.05) is 38.1 Å². The van der Waals surface area contributed by atoms with E-state index in [4.69, 9.17) is 10.5 Å². The van der Waals surface area contributed by atoms with Crippen LogP contribution in [-0.2, 0) is 12.8 Å². The fraction of sp³-hybridized carbons (Fsp3) is 0.333. The Morgan fingerprint density at radius 3 is 2.43 bits per heavy atom. The van der Waals surface area contributed by atoms with Gasteiger partial charge in [0.25, 0.3) is 0 Å². The van der Waals surface area contributed by atoms with Gasteiger partial charge in [0.15, 0.2) is 11.6 Å². The van der Waals surface area contributed by atoms with Crippen LogP contribution in [0.3, 0.4) is 0 Å². The Bertz CT molecular complexity index is 625. The largest absolute Gasteiger partial charge is 0.494 e. The fourth-order valence-corrected chi connectivity index (χ4v) is 2.53. The van der Waals surface area contributed by atoms with Crippen LogP contribution < -0.4 is 10.5 Å². The zero-order valence-corrected chi connectivity index (χ0v) is 12.8. The second-order valence-electron chi connectivity index (χ2n) is 5.11. The SMILES string of the molecule is CCc1ccc(CC)c(C(N)c2ccc(OC)c(F)c2)c1. The lowest BCUT2D eigenvalue weighted by Crippen LogP contribution is -2.15. The van der Waals surface area contributed by atoms with Crippen LogP contribution >= 0.6 is 0 Å².